The zero-order valence-electron chi connectivity index (χ0n) is 13.6. The Balaban J connectivity index is 2.00. The van der Waals surface area contributed by atoms with Crippen LogP contribution in [0.25, 0.3) is 0 Å². The average Bonchev–Trinajstić information content (AvgIpc) is 2.83. The largest absolute Gasteiger partial charge is 0.326 e. The highest BCUT2D eigenvalue weighted by Gasteiger charge is 2.16. The van der Waals surface area contributed by atoms with Crippen LogP contribution in [0, 0.1) is 5.41 Å². The van der Waals surface area contributed by atoms with Gasteiger partial charge in [-0.1, -0.05) is 32.1 Å². The highest BCUT2D eigenvalue weighted by atomic mass is 32.1. The van der Waals surface area contributed by atoms with E-state index in [0.29, 0.717) is 16.4 Å². The van der Waals surface area contributed by atoms with Crippen LogP contribution in [-0.2, 0) is 11.2 Å². The SMILES string of the molecule is CC(=O)Nc1ccc(C(=O)Nc2nnc(CC(C)(C)C)s2)cc1. The number of carbonyl (C=O) groups is 2. The molecule has 0 aliphatic rings. The minimum Gasteiger partial charge on any atom is -0.326 e. The lowest BCUT2D eigenvalue weighted by Gasteiger charge is -2.14. The Labute approximate surface area is 139 Å². The summed E-state index contributed by atoms with van der Waals surface area (Å²) in [4.78, 5) is 23.2. The molecule has 0 saturated heterocycles. The number of amides is 2. The van der Waals surface area contributed by atoms with Crippen LogP contribution in [0.5, 0.6) is 0 Å². The zero-order chi connectivity index (χ0) is 17.0. The molecule has 122 valence electrons. The molecule has 0 bridgehead atoms. The van der Waals surface area contributed by atoms with Crippen LogP contribution >= 0.6 is 11.3 Å². The van der Waals surface area contributed by atoms with E-state index in [0.717, 1.165) is 11.4 Å². The van der Waals surface area contributed by atoms with Gasteiger partial charge in [-0.25, -0.2) is 0 Å². The summed E-state index contributed by atoms with van der Waals surface area (Å²) < 4.78 is 0. The van der Waals surface area contributed by atoms with Gasteiger partial charge in [-0.2, -0.15) is 0 Å². The summed E-state index contributed by atoms with van der Waals surface area (Å²) in [6.07, 6.45) is 0.811. The van der Waals surface area contributed by atoms with Gasteiger partial charge >= 0.3 is 0 Å². The molecule has 6 nitrogen and oxygen atoms in total. The number of rotatable bonds is 4. The van der Waals surface area contributed by atoms with Crippen molar-refractivity contribution in [1.82, 2.24) is 10.2 Å². The summed E-state index contributed by atoms with van der Waals surface area (Å²) in [6, 6.07) is 6.66. The van der Waals surface area contributed by atoms with E-state index in [1.54, 1.807) is 24.3 Å². The number of hydrogen-bond acceptors (Lipinski definition) is 5. The molecule has 1 heterocycles. The number of benzene rings is 1. The van der Waals surface area contributed by atoms with E-state index in [2.05, 4.69) is 41.6 Å². The molecule has 1 aromatic heterocycles. The second-order valence-electron chi connectivity index (χ2n) is 6.45. The molecule has 0 radical (unpaired) electrons. The fraction of sp³-hybridized carbons (Fsp3) is 0.375. The van der Waals surface area contributed by atoms with Gasteiger partial charge < -0.3 is 5.32 Å². The van der Waals surface area contributed by atoms with E-state index in [-0.39, 0.29) is 17.2 Å². The van der Waals surface area contributed by atoms with Crippen molar-refractivity contribution in [2.45, 2.75) is 34.1 Å². The van der Waals surface area contributed by atoms with Crippen LogP contribution in [0.4, 0.5) is 10.8 Å². The van der Waals surface area contributed by atoms with Crippen molar-refractivity contribution in [3.8, 4) is 0 Å². The van der Waals surface area contributed by atoms with Crippen molar-refractivity contribution in [2.24, 2.45) is 5.41 Å². The van der Waals surface area contributed by atoms with Crippen molar-refractivity contribution in [1.29, 1.82) is 0 Å². The van der Waals surface area contributed by atoms with Gasteiger partial charge in [0.05, 0.1) is 0 Å². The number of nitrogens with one attached hydrogen (secondary N) is 2. The maximum absolute atomic E-state index is 12.2. The van der Waals surface area contributed by atoms with E-state index in [9.17, 15) is 9.59 Å². The fourth-order valence-corrected chi connectivity index (χ4v) is 2.94. The number of hydrogen-bond donors (Lipinski definition) is 2. The van der Waals surface area contributed by atoms with Gasteiger partial charge in [-0.3, -0.25) is 14.9 Å². The van der Waals surface area contributed by atoms with Crippen LogP contribution < -0.4 is 10.6 Å². The normalized spacial score (nSPS) is 11.1. The molecule has 2 aromatic rings. The molecule has 7 heteroatoms. The summed E-state index contributed by atoms with van der Waals surface area (Å²) >= 11 is 1.38. The molecule has 0 saturated carbocycles. The molecule has 2 rings (SSSR count). The number of nitrogens with zero attached hydrogens (tertiary/aromatic N) is 2. The number of anilines is 2. The highest BCUT2D eigenvalue weighted by molar-refractivity contribution is 7.15. The maximum atomic E-state index is 12.2. The van der Waals surface area contributed by atoms with E-state index in [1.165, 1.54) is 18.3 Å². The van der Waals surface area contributed by atoms with Gasteiger partial charge in [-0.05, 0) is 29.7 Å². The Morgan fingerprint density at radius 3 is 2.30 bits per heavy atom. The summed E-state index contributed by atoms with van der Waals surface area (Å²) in [6.45, 7) is 7.82. The third-order valence-corrected chi connectivity index (χ3v) is 3.67. The molecular formula is C16H20N4O2S. The minimum atomic E-state index is -0.252. The maximum Gasteiger partial charge on any atom is 0.257 e. The van der Waals surface area contributed by atoms with Crippen molar-refractivity contribution in [2.75, 3.05) is 10.6 Å². The molecule has 0 atom stereocenters. The van der Waals surface area contributed by atoms with E-state index in [4.69, 9.17) is 0 Å². The molecule has 0 aliphatic carbocycles. The van der Waals surface area contributed by atoms with Crippen molar-refractivity contribution in [3.63, 3.8) is 0 Å². The van der Waals surface area contributed by atoms with Gasteiger partial charge in [0, 0.05) is 24.6 Å². The van der Waals surface area contributed by atoms with Crippen molar-refractivity contribution >= 4 is 34.0 Å². The predicted octanol–water partition coefficient (Wildman–Crippen LogP) is 3.34. The lowest BCUT2D eigenvalue weighted by molar-refractivity contribution is -0.114. The summed E-state index contributed by atoms with van der Waals surface area (Å²) in [5.41, 5.74) is 1.27. The molecule has 0 fully saturated rings. The van der Waals surface area contributed by atoms with E-state index >= 15 is 0 Å². The first-order chi connectivity index (χ1) is 10.7. The van der Waals surface area contributed by atoms with E-state index < -0.39 is 0 Å². The molecule has 23 heavy (non-hydrogen) atoms. The Kier molecular flexibility index (Phi) is 5.10. The summed E-state index contributed by atoms with van der Waals surface area (Å²) in [5.74, 6) is -0.403. The van der Waals surface area contributed by atoms with Crippen LogP contribution in [0.1, 0.15) is 43.1 Å². The smallest absolute Gasteiger partial charge is 0.257 e. The van der Waals surface area contributed by atoms with Crippen LogP contribution in [0.3, 0.4) is 0 Å². The van der Waals surface area contributed by atoms with Crippen LogP contribution in [-0.4, -0.2) is 22.0 Å². The average molecular weight is 332 g/mol. The van der Waals surface area contributed by atoms with Gasteiger partial charge in [0.15, 0.2) is 0 Å². The molecular weight excluding hydrogens is 312 g/mol. The van der Waals surface area contributed by atoms with Gasteiger partial charge in [0.1, 0.15) is 5.01 Å². The molecule has 0 aliphatic heterocycles. The van der Waals surface area contributed by atoms with Gasteiger partial charge in [0.25, 0.3) is 5.91 Å². The number of carbonyl (C=O) groups excluding carboxylic acids is 2. The molecule has 0 unspecified atom stereocenters. The lowest BCUT2D eigenvalue weighted by atomic mass is 9.93. The van der Waals surface area contributed by atoms with Crippen molar-refractivity contribution < 1.29 is 9.59 Å². The minimum absolute atomic E-state index is 0.125. The quantitative estimate of drug-likeness (QED) is 0.899. The predicted molar refractivity (Wildman–Crippen MR) is 91.8 cm³/mol. The van der Waals surface area contributed by atoms with Crippen molar-refractivity contribution in [3.05, 3.63) is 34.8 Å². The third-order valence-electron chi connectivity index (χ3n) is 2.84. The summed E-state index contributed by atoms with van der Waals surface area (Å²) in [7, 11) is 0. The first-order valence-corrected chi connectivity index (χ1v) is 8.06. The Morgan fingerprint density at radius 1 is 1.09 bits per heavy atom. The number of aromatic nitrogens is 2. The Bertz CT molecular complexity index is 702. The van der Waals surface area contributed by atoms with Gasteiger partial charge in [0.2, 0.25) is 11.0 Å². The first-order valence-electron chi connectivity index (χ1n) is 7.24. The molecule has 2 amide bonds. The lowest BCUT2D eigenvalue weighted by Crippen LogP contribution is -2.12. The monoisotopic (exact) mass is 332 g/mol. The van der Waals surface area contributed by atoms with Gasteiger partial charge in [-0.15, -0.1) is 10.2 Å². The molecule has 1 aromatic carbocycles. The van der Waals surface area contributed by atoms with Crippen LogP contribution in [0.15, 0.2) is 24.3 Å². The standard InChI is InChI=1S/C16H20N4O2S/c1-10(21)17-12-7-5-11(6-8-12)14(22)18-15-20-19-13(23-15)9-16(2,3)4/h5-8H,9H2,1-4H3,(H,17,21)(H,18,20,22). The molecule has 0 spiro atoms. The third kappa shape index (κ3) is 5.45. The summed E-state index contributed by atoms with van der Waals surface area (Å²) in [5, 5.41) is 14.9. The second kappa shape index (κ2) is 6.87. The first kappa shape index (κ1) is 17.1. The van der Waals surface area contributed by atoms with Crippen LogP contribution in [0.2, 0.25) is 0 Å². The fourth-order valence-electron chi connectivity index (χ4n) is 1.91. The highest BCUT2D eigenvalue weighted by Crippen LogP contribution is 2.25. The Morgan fingerprint density at radius 2 is 1.74 bits per heavy atom. The second-order valence-corrected chi connectivity index (χ2v) is 7.51. The Hall–Kier alpha value is -2.28. The zero-order valence-corrected chi connectivity index (χ0v) is 14.5. The molecule has 2 N–H and O–H groups in total. The topological polar surface area (TPSA) is 84.0 Å². The van der Waals surface area contributed by atoms with E-state index in [1.807, 2.05) is 0 Å².